The van der Waals surface area contributed by atoms with Crippen LogP contribution >= 0.6 is 0 Å². The maximum atomic E-state index is 13.2. The highest BCUT2D eigenvalue weighted by atomic mass is 19.4. The molecule has 0 radical (unpaired) electrons. The van der Waals surface area contributed by atoms with Gasteiger partial charge >= 0.3 is 24.3 Å². The Hall–Kier alpha value is -3.56. The first-order valence-electron chi connectivity index (χ1n) is 10.0. The van der Waals surface area contributed by atoms with Crippen LogP contribution in [0.15, 0.2) is 65.8 Å². The van der Waals surface area contributed by atoms with Gasteiger partial charge in [0.1, 0.15) is 6.10 Å². The van der Waals surface area contributed by atoms with Gasteiger partial charge in [-0.3, -0.25) is 0 Å². The molecule has 1 aliphatic rings. The molecule has 1 unspecified atom stereocenters. The normalized spacial score (nSPS) is 18.2. The Morgan fingerprint density at radius 1 is 1.03 bits per heavy atom. The molecule has 2 aromatic rings. The van der Waals surface area contributed by atoms with Crippen molar-refractivity contribution in [3.8, 4) is 0 Å². The van der Waals surface area contributed by atoms with E-state index in [1.807, 2.05) is 0 Å². The highest BCUT2D eigenvalue weighted by molar-refractivity contribution is 6.00. The fourth-order valence-electron chi connectivity index (χ4n) is 3.30. The van der Waals surface area contributed by atoms with Gasteiger partial charge in [-0.2, -0.15) is 26.3 Å². The van der Waals surface area contributed by atoms with Crippen LogP contribution in [0.25, 0.3) is 6.08 Å². The highest BCUT2D eigenvalue weighted by Crippen LogP contribution is 2.37. The lowest BCUT2D eigenvalue weighted by atomic mass is 10.00. The molecule has 0 spiro atoms. The minimum absolute atomic E-state index is 0.0152. The largest absolute Gasteiger partial charge is 0.462 e. The van der Waals surface area contributed by atoms with Crippen molar-refractivity contribution in [3.63, 3.8) is 0 Å². The van der Waals surface area contributed by atoms with E-state index >= 15 is 0 Å². The number of rotatable bonds is 5. The van der Waals surface area contributed by atoms with Gasteiger partial charge in [0, 0.05) is 12.0 Å². The smallest absolute Gasteiger partial charge is 0.416 e. The number of ether oxygens (including phenoxy) is 2. The van der Waals surface area contributed by atoms with Crippen LogP contribution in [0.5, 0.6) is 0 Å². The average molecular weight is 484 g/mol. The Labute approximate surface area is 190 Å². The van der Waals surface area contributed by atoms with E-state index in [9.17, 15) is 35.9 Å². The van der Waals surface area contributed by atoms with Crippen molar-refractivity contribution < 1.29 is 45.4 Å². The van der Waals surface area contributed by atoms with Gasteiger partial charge in [-0.25, -0.2) is 9.59 Å². The van der Waals surface area contributed by atoms with Crippen molar-refractivity contribution >= 4 is 18.0 Å². The molecular formula is C24H18F6O4. The monoisotopic (exact) mass is 484 g/mol. The van der Waals surface area contributed by atoms with E-state index in [0.29, 0.717) is 17.7 Å². The number of carbonyl (C=O) groups is 2. The molecule has 0 saturated carbocycles. The molecule has 10 heteroatoms. The van der Waals surface area contributed by atoms with Crippen molar-refractivity contribution in [2.24, 2.45) is 0 Å². The average Bonchev–Trinajstić information content (AvgIpc) is 3.13. The molecule has 0 aliphatic carbocycles. The van der Waals surface area contributed by atoms with Crippen molar-refractivity contribution in [1.82, 2.24) is 0 Å². The number of alkyl halides is 6. The van der Waals surface area contributed by atoms with Crippen molar-refractivity contribution in [2.75, 3.05) is 6.61 Å². The van der Waals surface area contributed by atoms with E-state index in [1.54, 1.807) is 30.3 Å². The van der Waals surface area contributed by atoms with Gasteiger partial charge < -0.3 is 9.47 Å². The van der Waals surface area contributed by atoms with Gasteiger partial charge in [-0.05, 0) is 48.4 Å². The standard InChI is InChI=1S/C24H18F6O4/c1-2-33-21(31)16(11-17-12-20(34-22(17)32)15-6-4-3-5-7-15)8-14-9-18(23(25,26)27)13-19(10-14)24(28,29)30/h3-11,13,20H,2,12H2,1H3/b16-8+,17-11-. The Morgan fingerprint density at radius 2 is 1.62 bits per heavy atom. The van der Waals surface area contributed by atoms with E-state index in [4.69, 9.17) is 9.47 Å². The quantitative estimate of drug-likeness (QED) is 0.285. The van der Waals surface area contributed by atoms with Crippen LogP contribution in [0.1, 0.15) is 41.7 Å². The lowest BCUT2D eigenvalue weighted by Crippen LogP contribution is -2.12. The summed E-state index contributed by atoms with van der Waals surface area (Å²) in [5, 5.41) is 0. The van der Waals surface area contributed by atoms with Crippen molar-refractivity contribution in [2.45, 2.75) is 31.8 Å². The molecular weight excluding hydrogens is 466 g/mol. The van der Waals surface area contributed by atoms with Crippen LogP contribution in [0.4, 0.5) is 26.3 Å². The summed E-state index contributed by atoms with van der Waals surface area (Å²) in [7, 11) is 0. The summed E-state index contributed by atoms with van der Waals surface area (Å²) in [5.74, 6) is -1.78. The number of hydrogen-bond acceptors (Lipinski definition) is 4. The number of halogens is 6. The molecule has 180 valence electrons. The van der Waals surface area contributed by atoms with Crippen LogP contribution in [-0.2, 0) is 31.4 Å². The Morgan fingerprint density at radius 3 is 2.15 bits per heavy atom. The topological polar surface area (TPSA) is 52.6 Å². The van der Waals surface area contributed by atoms with Gasteiger partial charge in [-0.15, -0.1) is 0 Å². The summed E-state index contributed by atoms with van der Waals surface area (Å²) < 4.78 is 89.3. The minimum Gasteiger partial charge on any atom is -0.462 e. The number of benzene rings is 2. The molecule has 1 aliphatic heterocycles. The van der Waals surface area contributed by atoms with Gasteiger partial charge in [0.05, 0.1) is 23.3 Å². The number of cyclic esters (lactones) is 1. The van der Waals surface area contributed by atoms with Crippen LogP contribution in [0, 0.1) is 0 Å². The maximum Gasteiger partial charge on any atom is 0.416 e. The van der Waals surface area contributed by atoms with Crippen LogP contribution in [0.3, 0.4) is 0 Å². The second kappa shape index (κ2) is 9.74. The van der Waals surface area contributed by atoms with E-state index in [2.05, 4.69) is 0 Å². The van der Waals surface area contributed by atoms with Gasteiger partial charge in [-0.1, -0.05) is 30.3 Å². The summed E-state index contributed by atoms with van der Waals surface area (Å²) in [6.45, 7) is 1.37. The maximum absolute atomic E-state index is 13.2. The molecule has 1 fully saturated rings. The Kier molecular flexibility index (Phi) is 7.18. The second-order valence-corrected chi connectivity index (χ2v) is 7.34. The Bertz CT molecular complexity index is 1100. The van der Waals surface area contributed by atoms with Crippen molar-refractivity contribution in [3.05, 3.63) is 88.0 Å². The third-order valence-corrected chi connectivity index (χ3v) is 4.86. The first kappa shape index (κ1) is 25.1. The molecule has 0 bridgehead atoms. The van der Waals surface area contributed by atoms with E-state index in [-0.39, 0.29) is 24.7 Å². The minimum atomic E-state index is -5.05. The third-order valence-electron chi connectivity index (χ3n) is 4.86. The third kappa shape index (κ3) is 6.06. The number of esters is 2. The first-order valence-corrected chi connectivity index (χ1v) is 10.0. The van der Waals surface area contributed by atoms with Gasteiger partial charge in [0.2, 0.25) is 0 Å². The number of carbonyl (C=O) groups excluding carboxylic acids is 2. The summed E-state index contributed by atoms with van der Waals surface area (Å²) >= 11 is 0. The zero-order valence-electron chi connectivity index (χ0n) is 17.7. The van der Waals surface area contributed by atoms with Crippen molar-refractivity contribution in [1.29, 1.82) is 0 Å². The molecule has 0 aromatic heterocycles. The fraction of sp³-hybridized carbons (Fsp3) is 0.250. The zero-order chi connectivity index (χ0) is 25.1. The molecule has 34 heavy (non-hydrogen) atoms. The molecule has 0 N–H and O–H groups in total. The van der Waals surface area contributed by atoms with Gasteiger partial charge in [0.15, 0.2) is 0 Å². The van der Waals surface area contributed by atoms with Crippen LogP contribution < -0.4 is 0 Å². The molecule has 1 heterocycles. The predicted molar refractivity (Wildman–Crippen MR) is 109 cm³/mol. The van der Waals surface area contributed by atoms with Gasteiger partial charge in [0.25, 0.3) is 0 Å². The van der Waals surface area contributed by atoms with E-state index < -0.39 is 52.7 Å². The summed E-state index contributed by atoms with van der Waals surface area (Å²) in [6, 6.07) is 9.64. The summed E-state index contributed by atoms with van der Waals surface area (Å²) in [6.07, 6.45) is -8.81. The molecule has 2 aromatic carbocycles. The SMILES string of the molecule is CCOC(=O)C(/C=C1/CC(c2ccccc2)OC1=O)=C/c1cc(C(F)(F)F)cc(C(F)(F)F)c1. The van der Waals surface area contributed by atoms with Crippen LogP contribution in [0.2, 0.25) is 0 Å². The highest BCUT2D eigenvalue weighted by Gasteiger charge is 2.37. The molecule has 3 rings (SSSR count). The summed E-state index contributed by atoms with van der Waals surface area (Å²) in [5.41, 5.74) is -3.28. The molecule has 0 amide bonds. The van der Waals surface area contributed by atoms with E-state index in [1.165, 1.54) is 6.92 Å². The molecule has 1 saturated heterocycles. The molecule has 1 atom stereocenters. The number of hydrogen-bond donors (Lipinski definition) is 0. The Balaban J connectivity index is 2.06. The predicted octanol–water partition coefficient (Wildman–Crippen LogP) is 6.29. The zero-order valence-corrected chi connectivity index (χ0v) is 17.7. The summed E-state index contributed by atoms with van der Waals surface area (Å²) in [4.78, 5) is 24.8. The fourth-order valence-corrected chi connectivity index (χ4v) is 3.30. The molecule has 4 nitrogen and oxygen atoms in total. The second-order valence-electron chi connectivity index (χ2n) is 7.34. The van der Waals surface area contributed by atoms with Crippen LogP contribution in [-0.4, -0.2) is 18.5 Å². The van der Waals surface area contributed by atoms with E-state index in [0.717, 1.165) is 12.2 Å². The lowest BCUT2D eigenvalue weighted by molar-refractivity contribution is -0.143. The lowest BCUT2D eigenvalue weighted by Gasteiger charge is -2.13. The first-order chi connectivity index (χ1) is 15.9.